The number of rotatable bonds is 6. The first-order valence-electron chi connectivity index (χ1n) is 11.3. The number of aromatic nitrogens is 5. The van der Waals surface area contributed by atoms with Crippen molar-refractivity contribution in [1.29, 1.82) is 0 Å². The van der Waals surface area contributed by atoms with Crippen LogP contribution >= 0.6 is 0 Å². The molecule has 35 heavy (non-hydrogen) atoms. The molecule has 3 heterocycles. The van der Waals surface area contributed by atoms with Crippen LogP contribution in [0.2, 0.25) is 0 Å². The van der Waals surface area contributed by atoms with E-state index in [1.54, 1.807) is 33.6 Å². The van der Waals surface area contributed by atoms with Crippen LogP contribution in [-0.2, 0) is 13.6 Å². The monoisotopic (exact) mass is 473 g/mol. The van der Waals surface area contributed by atoms with E-state index in [4.69, 9.17) is 0 Å². The van der Waals surface area contributed by atoms with Gasteiger partial charge in [-0.1, -0.05) is 12.1 Å². The van der Waals surface area contributed by atoms with Crippen LogP contribution in [0.25, 0.3) is 27.9 Å². The second-order valence-electron chi connectivity index (χ2n) is 8.64. The Balaban J connectivity index is 1.45. The lowest BCUT2D eigenvalue weighted by Gasteiger charge is -2.12. The molecule has 0 spiro atoms. The number of anilines is 1. The van der Waals surface area contributed by atoms with Crippen LogP contribution in [0, 0.1) is 11.6 Å². The standard InChI is InChI=1S/C25H21F2N7O/c1-33-17(8-9-30-33)12-28-23-24-29-13-22(34(24)21-11-19(27)18(26)10-20(21)32-23)14-2-4-15(5-3-14)25(35)31-16-6-7-16/h2-5,8-11,13,16H,6-7,12H2,1H3,(H,28,32)(H,31,35). The fourth-order valence-electron chi connectivity index (χ4n) is 4.09. The van der Waals surface area contributed by atoms with Crippen molar-refractivity contribution in [3.63, 3.8) is 0 Å². The molecule has 176 valence electrons. The van der Waals surface area contributed by atoms with Gasteiger partial charge in [-0.2, -0.15) is 5.10 Å². The molecule has 1 aliphatic rings. The quantitative estimate of drug-likeness (QED) is 0.388. The van der Waals surface area contributed by atoms with Gasteiger partial charge < -0.3 is 10.6 Å². The summed E-state index contributed by atoms with van der Waals surface area (Å²) in [7, 11) is 1.83. The van der Waals surface area contributed by atoms with E-state index in [9.17, 15) is 13.6 Å². The lowest BCUT2D eigenvalue weighted by molar-refractivity contribution is 0.0951. The molecule has 0 unspecified atom stereocenters. The molecule has 1 aliphatic carbocycles. The van der Waals surface area contributed by atoms with Crippen LogP contribution in [0.3, 0.4) is 0 Å². The summed E-state index contributed by atoms with van der Waals surface area (Å²) in [5.74, 6) is -1.63. The zero-order chi connectivity index (χ0) is 24.1. The molecule has 2 N–H and O–H groups in total. The first-order chi connectivity index (χ1) is 17.0. The number of hydrogen-bond acceptors (Lipinski definition) is 5. The number of carbonyl (C=O) groups is 1. The largest absolute Gasteiger partial charge is 0.361 e. The Morgan fingerprint density at radius 2 is 1.89 bits per heavy atom. The molecule has 1 amide bonds. The van der Waals surface area contributed by atoms with Gasteiger partial charge in [-0.25, -0.2) is 18.7 Å². The number of benzene rings is 2. The van der Waals surface area contributed by atoms with Gasteiger partial charge in [0.1, 0.15) is 0 Å². The van der Waals surface area contributed by atoms with Gasteiger partial charge in [0.25, 0.3) is 5.91 Å². The maximum atomic E-state index is 14.2. The summed E-state index contributed by atoms with van der Waals surface area (Å²) in [6.07, 6.45) is 5.38. The minimum absolute atomic E-state index is 0.106. The molecule has 0 bridgehead atoms. The molecule has 0 atom stereocenters. The average Bonchev–Trinajstić information content (AvgIpc) is 3.39. The highest BCUT2D eigenvalue weighted by molar-refractivity contribution is 5.95. The molecule has 0 saturated heterocycles. The molecule has 3 aromatic heterocycles. The third kappa shape index (κ3) is 3.86. The van der Waals surface area contributed by atoms with Crippen LogP contribution in [0.5, 0.6) is 0 Å². The Labute approximate surface area is 198 Å². The maximum Gasteiger partial charge on any atom is 0.251 e. The molecule has 0 radical (unpaired) electrons. The van der Waals surface area contributed by atoms with E-state index in [0.29, 0.717) is 34.8 Å². The Hall–Kier alpha value is -4.34. The summed E-state index contributed by atoms with van der Waals surface area (Å²) in [6.45, 7) is 0.418. The maximum absolute atomic E-state index is 14.2. The van der Waals surface area contributed by atoms with Crippen molar-refractivity contribution in [3.05, 3.63) is 77.8 Å². The van der Waals surface area contributed by atoms with Crippen LogP contribution in [0.15, 0.2) is 54.9 Å². The second-order valence-corrected chi connectivity index (χ2v) is 8.64. The van der Waals surface area contributed by atoms with E-state index in [0.717, 1.165) is 36.2 Å². The summed E-state index contributed by atoms with van der Waals surface area (Å²) in [5, 5.41) is 10.4. The van der Waals surface area contributed by atoms with Gasteiger partial charge in [-0.3, -0.25) is 13.9 Å². The van der Waals surface area contributed by atoms with Crippen molar-refractivity contribution in [2.24, 2.45) is 7.05 Å². The minimum Gasteiger partial charge on any atom is -0.361 e. The number of hydrogen-bond donors (Lipinski definition) is 2. The number of fused-ring (bicyclic) bond motifs is 3. The Morgan fingerprint density at radius 1 is 1.11 bits per heavy atom. The molecule has 10 heteroatoms. The molecular weight excluding hydrogens is 452 g/mol. The molecule has 8 nitrogen and oxygen atoms in total. The Kier molecular flexibility index (Phi) is 4.94. The third-order valence-electron chi connectivity index (χ3n) is 6.18. The Bertz CT molecular complexity index is 1590. The lowest BCUT2D eigenvalue weighted by atomic mass is 10.1. The summed E-state index contributed by atoms with van der Waals surface area (Å²) in [4.78, 5) is 21.4. The van der Waals surface area contributed by atoms with Crippen molar-refractivity contribution in [2.75, 3.05) is 5.32 Å². The predicted molar refractivity (Wildman–Crippen MR) is 127 cm³/mol. The van der Waals surface area contributed by atoms with Crippen LogP contribution in [-0.4, -0.2) is 36.1 Å². The number of amides is 1. The predicted octanol–water partition coefficient (Wildman–Crippen LogP) is 4.07. The van der Waals surface area contributed by atoms with E-state index < -0.39 is 11.6 Å². The lowest BCUT2D eigenvalue weighted by Crippen LogP contribution is -2.25. The van der Waals surface area contributed by atoms with Gasteiger partial charge in [0, 0.05) is 42.5 Å². The first kappa shape index (κ1) is 21.2. The smallest absolute Gasteiger partial charge is 0.251 e. The summed E-state index contributed by atoms with van der Waals surface area (Å²) < 4.78 is 31.8. The number of imidazole rings is 1. The minimum atomic E-state index is -0.977. The first-order valence-corrected chi connectivity index (χ1v) is 11.3. The van der Waals surface area contributed by atoms with Gasteiger partial charge in [0.2, 0.25) is 0 Å². The van der Waals surface area contributed by atoms with E-state index in [2.05, 4.69) is 25.7 Å². The third-order valence-corrected chi connectivity index (χ3v) is 6.18. The van der Waals surface area contributed by atoms with Crippen molar-refractivity contribution >= 4 is 28.4 Å². The van der Waals surface area contributed by atoms with Crippen LogP contribution in [0.4, 0.5) is 14.6 Å². The highest BCUT2D eigenvalue weighted by Crippen LogP contribution is 2.30. The summed E-state index contributed by atoms with van der Waals surface area (Å²) in [6, 6.07) is 11.5. The van der Waals surface area contributed by atoms with Crippen LogP contribution < -0.4 is 10.6 Å². The number of carbonyl (C=O) groups excluding carboxylic acids is 1. The van der Waals surface area contributed by atoms with E-state index in [1.807, 2.05) is 25.2 Å². The van der Waals surface area contributed by atoms with Gasteiger partial charge in [-0.15, -0.1) is 0 Å². The molecule has 2 aromatic carbocycles. The van der Waals surface area contributed by atoms with E-state index >= 15 is 0 Å². The van der Waals surface area contributed by atoms with Crippen molar-refractivity contribution in [3.8, 4) is 11.3 Å². The Morgan fingerprint density at radius 3 is 2.60 bits per heavy atom. The fourth-order valence-corrected chi connectivity index (χ4v) is 4.09. The zero-order valence-electron chi connectivity index (χ0n) is 18.8. The van der Waals surface area contributed by atoms with Gasteiger partial charge in [-0.05, 0) is 31.0 Å². The molecule has 1 saturated carbocycles. The van der Waals surface area contributed by atoms with Gasteiger partial charge in [0.05, 0.1) is 35.2 Å². The van der Waals surface area contributed by atoms with Crippen molar-refractivity contribution in [2.45, 2.75) is 25.4 Å². The average molecular weight is 473 g/mol. The van der Waals surface area contributed by atoms with Gasteiger partial charge >= 0.3 is 0 Å². The summed E-state index contributed by atoms with van der Waals surface area (Å²) >= 11 is 0. The normalized spacial score (nSPS) is 13.5. The van der Waals surface area contributed by atoms with E-state index in [-0.39, 0.29) is 17.5 Å². The number of nitrogens with zero attached hydrogens (tertiary/aromatic N) is 5. The summed E-state index contributed by atoms with van der Waals surface area (Å²) in [5.41, 5.74) is 4.05. The number of halogens is 2. The number of nitrogens with one attached hydrogen (secondary N) is 2. The number of aryl methyl sites for hydroxylation is 1. The topological polar surface area (TPSA) is 89.1 Å². The van der Waals surface area contributed by atoms with Crippen molar-refractivity contribution < 1.29 is 13.6 Å². The molecule has 6 rings (SSSR count). The van der Waals surface area contributed by atoms with Crippen LogP contribution in [0.1, 0.15) is 28.9 Å². The highest BCUT2D eigenvalue weighted by Gasteiger charge is 2.24. The van der Waals surface area contributed by atoms with Gasteiger partial charge in [0.15, 0.2) is 23.1 Å². The second kappa shape index (κ2) is 8.15. The molecule has 0 aliphatic heterocycles. The molecular formula is C25H21F2N7O. The molecule has 1 fully saturated rings. The zero-order valence-corrected chi connectivity index (χ0v) is 18.8. The highest BCUT2D eigenvalue weighted by atomic mass is 19.2. The fraction of sp³-hybridized carbons (Fsp3) is 0.200. The SMILES string of the molecule is Cn1nccc1CNc1nc2cc(F)c(F)cc2n2c(-c3ccc(C(=O)NC4CC4)cc3)cnc12. The molecule has 5 aromatic rings. The van der Waals surface area contributed by atoms with Crippen molar-refractivity contribution in [1.82, 2.24) is 29.5 Å². The van der Waals surface area contributed by atoms with E-state index in [1.165, 1.54) is 0 Å².